The Labute approximate surface area is 146 Å². The van der Waals surface area contributed by atoms with E-state index in [1.807, 2.05) is 0 Å². The van der Waals surface area contributed by atoms with Crippen LogP contribution >= 0.6 is 0 Å². The Morgan fingerprint density at radius 3 is 2.32 bits per heavy atom. The zero-order chi connectivity index (χ0) is 17.2. The first-order valence-electron chi connectivity index (χ1n) is 9.05. The molecular formula is C19H22F2N4. The molecule has 132 valence electrons. The van der Waals surface area contributed by atoms with Crippen molar-refractivity contribution in [2.75, 3.05) is 10.6 Å². The van der Waals surface area contributed by atoms with E-state index in [2.05, 4.69) is 20.6 Å². The van der Waals surface area contributed by atoms with Gasteiger partial charge in [-0.15, -0.1) is 0 Å². The third-order valence-corrected chi connectivity index (χ3v) is 4.90. The van der Waals surface area contributed by atoms with Crippen LogP contribution in [-0.2, 0) is 0 Å². The van der Waals surface area contributed by atoms with Gasteiger partial charge in [0.15, 0.2) is 0 Å². The van der Waals surface area contributed by atoms with Crippen LogP contribution in [0.2, 0.25) is 0 Å². The Morgan fingerprint density at radius 2 is 1.64 bits per heavy atom. The number of nitrogens with one attached hydrogen (secondary N) is 2. The van der Waals surface area contributed by atoms with Gasteiger partial charge in [0.25, 0.3) is 0 Å². The van der Waals surface area contributed by atoms with Crippen molar-refractivity contribution in [3.63, 3.8) is 0 Å². The van der Waals surface area contributed by atoms with Gasteiger partial charge in [-0.1, -0.05) is 25.3 Å². The molecular weight excluding hydrogens is 322 g/mol. The van der Waals surface area contributed by atoms with Crippen molar-refractivity contribution in [1.29, 1.82) is 0 Å². The molecule has 0 amide bonds. The molecule has 0 aliphatic heterocycles. The minimum absolute atomic E-state index is 0.174. The number of hydrogen-bond acceptors (Lipinski definition) is 4. The first-order chi connectivity index (χ1) is 12.2. The zero-order valence-electron chi connectivity index (χ0n) is 14.1. The van der Waals surface area contributed by atoms with Gasteiger partial charge in [0.05, 0.1) is 5.69 Å². The number of para-hydroxylation sites is 1. The van der Waals surface area contributed by atoms with E-state index in [1.165, 1.54) is 37.5 Å². The molecule has 0 radical (unpaired) electrons. The van der Waals surface area contributed by atoms with Gasteiger partial charge in [-0.05, 0) is 37.8 Å². The van der Waals surface area contributed by atoms with E-state index in [4.69, 9.17) is 0 Å². The molecule has 2 fully saturated rings. The molecule has 0 bridgehead atoms. The van der Waals surface area contributed by atoms with Crippen molar-refractivity contribution >= 4 is 17.5 Å². The predicted octanol–water partition coefficient (Wildman–Crippen LogP) is 5.12. The average Bonchev–Trinajstić information content (AvgIpc) is 3.44. The summed E-state index contributed by atoms with van der Waals surface area (Å²) >= 11 is 0. The highest BCUT2D eigenvalue weighted by Crippen LogP contribution is 2.40. The summed E-state index contributed by atoms with van der Waals surface area (Å²) in [6.07, 6.45) is 8.14. The van der Waals surface area contributed by atoms with Crippen molar-refractivity contribution in [1.82, 2.24) is 9.97 Å². The number of anilines is 3. The Morgan fingerprint density at radius 1 is 0.920 bits per heavy atom. The van der Waals surface area contributed by atoms with Gasteiger partial charge in [0, 0.05) is 18.0 Å². The summed E-state index contributed by atoms with van der Waals surface area (Å²) in [5.74, 6) is 0.150. The summed E-state index contributed by atoms with van der Waals surface area (Å²) in [7, 11) is 0. The number of rotatable bonds is 5. The second-order valence-electron chi connectivity index (χ2n) is 6.98. The molecule has 25 heavy (non-hydrogen) atoms. The summed E-state index contributed by atoms with van der Waals surface area (Å²) in [6, 6.07) is 5.99. The van der Waals surface area contributed by atoms with Gasteiger partial charge >= 0.3 is 0 Å². The lowest BCUT2D eigenvalue weighted by Gasteiger charge is -2.23. The maximum absolute atomic E-state index is 13.9. The summed E-state index contributed by atoms with van der Waals surface area (Å²) in [5, 5.41) is 6.21. The molecule has 1 aromatic heterocycles. The third-order valence-electron chi connectivity index (χ3n) is 4.90. The molecule has 0 spiro atoms. The van der Waals surface area contributed by atoms with Crippen LogP contribution in [0.4, 0.5) is 26.2 Å². The van der Waals surface area contributed by atoms with E-state index in [0.29, 0.717) is 23.7 Å². The van der Waals surface area contributed by atoms with Crippen LogP contribution in [0.15, 0.2) is 24.3 Å². The van der Waals surface area contributed by atoms with Crippen LogP contribution in [0.5, 0.6) is 0 Å². The van der Waals surface area contributed by atoms with Crippen molar-refractivity contribution in [2.45, 2.75) is 56.9 Å². The SMILES string of the molecule is Fc1cccc(F)c1Nc1cc(C2CC2)nc(NC2CCCCC2)n1. The highest BCUT2D eigenvalue weighted by molar-refractivity contribution is 5.59. The molecule has 2 aliphatic carbocycles. The number of aromatic nitrogens is 2. The minimum atomic E-state index is -0.631. The van der Waals surface area contributed by atoms with E-state index in [-0.39, 0.29) is 5.69 Å². The fourth-order valence-electron chi connectivity index (χ4n) is 3.36. The van der Waals surface area contributed by atoms with E-state index >= 15 is 0 Å². The normalized spacial score (nSPS) is 18.2. The standard InChI is InChI=1S/C19H22F2N4/c20-14-7-4-8-15(21)18(14)24-17-11-16(12-9-10-12)23-19(25-17)22-13-5-2-1-3-6-13/h4,7-8,11-13H,1-3,5-6,9-10H2,(H2,22,23,24,25). The summed E-state index contributed by atoms with van der Waals surface area (Å²) in [6.45, 7) is 0. The molecule has 1 aromatic carbocycles. The molecule has 2 N–H and O–H groups in total. The molecule has 0 atom stereocenters. The minimum Gasteiger partial charge on any atom is -0.351 e. The molecule has 1 heterocycles. The first-order valence-corrected chi connectivity index (χ1v) is 9.05. The van der Waals surface area contributed by atoms with Crippen molar-refractivity contribution in [3.05, 3.63) is 41.6 Å². The monoisotopic (exact) mass is 344 g/mol. The van der Waals surface area contributed by atoms with E-state index in [0.717, 1.165) is 31.4 Å². The van der Waals surface area contributed by atoms with Crippen LogP contribution in [0, 0.1) is 11.6 Å². The van der Waals surface area contributed by atoms with E-state index in [1.54, 1.807) is 6.07 Å². The number of nitrogens with zero attached hydrogens (tertiary/aromatic N) is 2. The van der Waals surface area contributed by atoms with Crippen molar-refractivity contribution in [3.8, 4) is 0 Å². The Bertz CT molecular complexity index is 735. The Balaban J connectivity index is 1.60. The highest BCUT2D eigenvalue weighted by Gasteiger charge is 2.27. The first kappa shape index (κ1) is 16.2. The molecule has 0 unspecified atom stereocenters. The van der Waals surface area contributed by atoms with Gasteiger partial charge in [-0.2, -0.15) is 4.98 Å². The lowest BCUT2D eigenvalue weighted by atomic mass is 9.96. The van der Waals surface area contributed by atoms with Gasteiger partial charge in [0.1, 0.15) is 23.1 Å². The topological polar surface area (TPSA) is 49.8 Å². The molecule has 0 saturated heterocycles. The molecule has 6 heteroatoms. The molecule has 2 aromatic rings. The van der Waals surface area contributed by atoms with Crippen LogP contribution in [-0.4, -0.2) is 16.0 Å². The van der Waals surface area contributed by atoms with Gasteiger partial charge < -0.3 is 10.6 Å². The van der Waals surface area contributed by atoms with E-state index in [9.17, 15) is 8.78 Å². The zero-order valence-corrected chi connectivity index (χ0v) is 14.1. The van der Waals surface area contributed by atoms with Crippen LogP contribution in [0.3, 0.4) is 0 Å². The van der Waals surface area contributed by atoms with Crippen LogP contribution < -0.4 is 10.6 Å². The lowest BCUT2D eigenvalue weighted by molar-refractivity contribution is 0.460. The molecule has 4 nitrogen and oxygen atoms in total. The second-order valence-corrected chi connectivity index (χ2v) is 6.98. The largest absolute Gasteiger partial charge is 0.351 e. The second kappa shape index (κ2) is 6.94. The molecule has 2 aliphatic rings. The average molecular weight is 344 g/mol. The maximum atomic E-state index is 13.9. The van der Waals surface area contributed by atoms with Crippen molar-refractivity contribution in [2.24, 2.45) is 0 Å². The number of benzene rings is 1. The summed E-state index contributed by atoms with van der Waals surface area (Å²) in [4.78, 5) is 9.07. The van der Waals surface area contributed by atoms with Crippen LogP contribution in [0.25, 0.3) is 0 Å². The van der Waals surface area contributed by atoms with Gasteiger partial charge in [-0.3, -0.25) is 0 Å². The summed E-state index contributed by atoms with van der Waals surface area (Å²) in [5.41, 5.74) is 0.763. The van der Waals surface area contributed by atoms with Gasteiger partial charge in [0.2, 0.25) is 5.95 Å². The van der Waals surface area contributed by atoms with Crippen molar-refractivity contribution < 1.29 is 8.78 Å². The highest BCUT2D eigenvalue weighted by atomic mass is 19.1. The Hall–Kier alpha value is -2.24. The molecule has 4 rings (SSSR count). The number of halogens is 2. The lowest BCUT2D eigenvalue weighted by Crippen LogP contribution is -2.24. The fraction of sp³-hybridized carbons (Fsp3) is 0.474. The Kier molecular flexibility index (Phi) is 4.51. The third kappa shape index (κ3) is 3.89. The van der Waals surface area contributed by atoms with Gasteiger partial charge in [-0.25, -0.2) is 13.8 Å². The quantitative estimate of drug-likeness (QED) is 0.790. The predicted molar refractivity (Wildman–Crippen MR) is 94.1 cm³/mol. The van der Waals surface area contributed by atoms with E-state index < -0.39 is 11.6 Å². The molecule has 2 saturated carbocycles. The smallest absolute Gasteiger partial charge is 0.225 e. The maximum Gasteiger partial charge on any atom is 0.225 e. The van der Waals surface area contributed by atoms with Crippen LogP contribution in [0.1, 0.15) is 56.6 Å². The fourth-order valence-corrected chi connectivity index (χ4v) is 3.36. The summed E-state index contributed by atoms with van der Waals surface area (Å²) < 4.78 is 27.8. The number of hydrogen-bond donors (Lipinski definition) is 2.